The number of morpholine rings is 1. The first-order valence-corrected chi connectivity index (χ1v) is 7.03. The Morgan fingerprint density at radius 1 is 1.45 bits per heavy atom. The summed E-state index contributed by atoms with van der Waals surface area (Å²) in [7, 11) is 0. The minimum Gasteiger partial charge on any atom is -0.375 e. The summed E-state index contributed by atoms with van der Waals surface area (Å²) in [4.78, 5) is 12.0. The Hall–Kier alpha value is -1.89. The van der Waals surface area contributed by atoms with Gasteiger partial charge in [-0.05, 0) is 24.3 Å². The standard InChI is InChI=1S/C15H18N4O2.ClH/c20-15(10-14-11-16-6-8-21-14)18-12-3-1-4-13(9-12)19-7-2-5-17-19;/h1-5,7,9,14,16H,6,8,10-11H2,(H,18,20);1H. The number of ether oxygens (including phenoxy) is 1. The fourth-order valence-electron chi connectivity index (χ4n) is 2.32. The van der Waals surface area contributed by atoms with E-state index >= 15 is 0 Å². The Kier molecular flexibility index (Phi) is 5.94. The molecule has 1 aromatic heterocycles. The molecule has 118 valence electrons. The van der Waals surface area contributed by atoms with E-state index in [4.69, 9.17) is 4.74 Å². The van der Waals surface area contributed by atoms with Gasteiger partial charge in [0.05, 0.1) is 24.8 Å². The van der Waals surface area contributed by atoms with Gasteiger partial charge in [-0.15, -0.1) is 12.4 Å². The Labute approximate surface area is 135 Å². The lowest BCUT2D eigenvalue weighted by molar-refractivity contribution is -0.119. The van der Waals surface area contributed by atoms with Crippen LogP contribution in [0.3, 0.4) is 0 Å². The maximum Gasteiger partial charge on any atom is 0.227 e. The highest BCUT2D eigenvalue weighted by Gasteiger charge is 2.17. The van der Waals surface area contributed by atoms with Crippen LogP contribution in [-0.4, -0.2) is 41.5 Å². The van der Waals surface area contributed by atoms with Gasteiger partial charge >= 0.3 is 0 Å². The molecule has 0 spiro atoms. The van der Waals surface area contributed by atoms with E-state index in [1.807, 2.05) is 36.5 Å². The van der Waals surface area contributed by atoms with Gasteiger partial charge < -0.3 is 15.4 Å². The van der Waals surface area contributed by atoms with Crippen molar-refractivity contribution in [2.75, 3.05) is 25.0 Å². The van der Waals surface area contributed by atoms with Crippen molar-refractivity contribution in [3.8, 4) is 5.69 Å². The molecule has 2 N–H and O–H groups in total. The summed E-state index contributed by atoms with van der Waals surface area (Å²) < 4.78 is 7.29. The van der Waals surface area contributed by atoms with E-state index in [2.05, 4.69) is 15.7 Å². The van der Waals surface area contributed by atoms with Gasteiger partial charge in [0.25, 0.3) is 0 Å². The average Bonchev–Trinajstić information content (AvgIpc) is 3.02. The maximum atomic E-state index is 12.0. The lowest BCUT2D eigenvalue weighted by atomic mass is 10.2. The van der Waals surface area contributed by atoms with Gasteiger partial charge in [-0.1, -0.05) is 6.07 Å². The molecule has 1 amide bonds. The summed E-state index contributed by atoms with van der Waals surface area (Å²) in [6.07, 6.45) is 3.90. The predicted molar refractivity (Wildman–Crippen MR) is 86.7 cm³/mol. The zero-order valence-electron chi connectivity index (χ0n) is 12.1. The predicted octanol–water partition coefficient (Wildman–Crippen LogP) is 1.61. The summed E-state index contributed by atoms with van der Waals surface area (Å²) in [6.45, 7) is 2.23. The topological polar surface area (TPSA) is 68.2 Å². The lowest BCUT2D eigenvalue weighted by Crippen LogP contribution is -2.40. The Balaban J connectivity index is 0.00000176. The lowest BCUT2D eigenvalue weighted by Gasteiger charge is -2.23. The second-order valence-corrected chi connectivity index (χ2v) is 4.95. The SMILES string of the molecule is Cl.O=C(CC1CNCCO1)Nc1cccc(-n2cccn2)c1. The fourth-order valence-corrected chi connectivity index (χ4v) is 2.32. The van der Waals surface area contributed by atoms with Crippen LogP contribution >= 0.6 is 12.4 Å². The van der Waals surface area contributed by atoms with Gasteiger partial charge in [0, 0.05) is 31.2 Å². The highest BCUT2D eigenvalue weighted by Crippen LogP contribution is 2.14. The van der Waals surface area contributed by atoms with Crippen LogP contribution < -0.4 is 10.6 Å². The van der Waals surface area contributed by atoms with Crippen LogP contribution in [0.4, 0.5) is 5.69 Å². The number of nitrogens with one attached hydrogen (secondary N) is 2. The third-order valence-corrected chi connectivity index (χ3v) is 3.32. The van der Waals surface area contributed by atoms with Crippen LogP contribution in [0.15, 0.2) is 42.7 Å². The molecule has 0 radical (unpaired) electrons. The number of carbonyl (C=O) groups excluding carboxylic acids is 1. The third-order valence-electron chi connectivity index (χ3n) is 3.32. The number of halogens is 1. The molecule has 1 unspecified atom stereocenters. The minimum absolute atomic E-state index is 0. The number of hydrogen-bond donors (Lipinski definition) is 2. The molecule has 2 heterocycles. The molecular formula is C15H19ClN4O2. The average molecular weight is 323 g/mol. The van der Waals surface area contributed by atoms with Gasteiger partial charge in [-0.3, -0.25) is 4.79 Å². The van der Waals surface area contributed by atoms with Crippen LogP contribution in [0.5, 0.6) is 0 Å². The highest BCUT2D eigenvalue weighted by atomic mass is 35.5. The van der Waals surface area contributed by atoms with Crippen molar-refractivity contribution in [1.82, 2.24) is 15.1 Å². The Bertz CT molecular complexity index is 597. The summed E-state index contributed by atoms with van der Waals surface area (Å²) in [5, 5.41) is 10.3. The number of hydrogen-bond acceptors (Lipinski definition) is 4. The number of benzene rings is 1. The van der Waals surface area contributed by atoms with Crippen molar-refractivity contribution in [2.45, 2.75) is 12.5 Å². The first-order valence-electron chi connectivity index (χ1n) is 7.03. The molecule has 6 nitrogen and oxygen atoms in total. The molecule has 0 aliphatic carbocycles. The van der Waals surface area contributed by atoms with Gasteiger partial charge in [-0.25, -0.2) is 4.68 Å². The van der Waals surface area contributed by atoms with Crippen LogP contribution in [0.1, 0.15) is 6.42 Å². The molecule has 1 atom stereocenters. The van der Waals surface area contributed by atoms with E-state index < -0.39 is 0 Å². The van der Waals surface area contributed by atoms with E-state index in [9.17, 15) is 4.79 Å². The Morgan fingerprint density at radius 2 is 2.36 bits per heavy atom. The number of nitrogens with zero attached hydrogens (tertiary/aromatic N) is 2. The largest absolute Gasteiger partial charge is 0.375 e. The molecular weight excluding hydrogens is 304 g/mol. The summed E-state index contributed by atoms with van der Waals surface area (Å²) >= 11 is 0. The molecule has 22 heavy (non-hydrogen) atoms. The monoisotopic (exact) mass is 322 g/mol. The van der Waals surface area contributed by atoms with Crippen LogP contribution in [-0.2, 0) is 9.53 Å². The van der Waals surface area contributed by atoms with Crippen molar-refractivity contribution < 1.29 is 9.53 Å². The molecule has 1 aromatic carbocycles. The summed E-state index contributed by atoms with van der Waals surface area (Å²) in [5.41, 5.74) is 1.67. The maximum absolute atomic E-state index is 12.0. The van der Waals surface area contributed by atoms with E-state index in [-0.39, 0.29) is 24.4 Å². The fraction of sp³-hybridized carbons (Fsp3) is 0.333. The third kappa shape index (κ3) is 4.30. The molecule has 0 saturated carbocycles. The quantitative estimate of drug-likeness (QED) is 0.897. The van der Waals surface area contributed by atoms with Crippen LogP contribution in [0.25, 0.3) is 5.69 Å². The van der Waals surface area contributed by atoms with E-state index in [1.165, 1.54) is 0 Å². The molecule has 1 aliphatic rings. The van der Waals surface area contributed by atoms with E-state index in [1.54, 1.807) is 10.9 Å². The molecule has 1 aliphatic heterocycles. The van der Waals surface area contributed by atoms with Crippen LogP contribution in [0.2, 0.25) is 0 Å². The van der Waals surface area contributed by atoms with Crippen molar-refractivity contribution >= 4 is 24.0 Å². The van der Waals surface area contributed by atoms with E-state index in [0.717, 1.165) is 24.5 Å². The molecule has 1 saturated heterocycles. The number of rotatable bonds is 4. The highest BCUT2D eigenvalue weighted by molar-refractivity contribution is 5.91. The molecule has 7 heteroatoms. The zero-order chi connectivity index (χ0) is 14.5. The normalized spacial score (nSPS) is 17.5. The molecule has 3 rings (SSSR count). The number of anilines is 1. The van der Waals surface area contributed by atoms with Crippen LogP contribution in [0, 0.1) is 0 Å². The smallest absolute Gasteiger partial charge is 0.227 e. The first kappa shape index (κ1) is 16.5. The second kappa shape index (κ2) is 7.93. The van der Waals surface area contributed by atoms with E-state index in [0.29, 0.717) is 13.0 Å². The van der Waals surface area contributed by atoms with Gasteiger partial charge in [-0.2, -0.15) is 5.10 Å². The van der Waals surface area contributed by atoms with Gasteiger partial charge in [0.15, 0.2) is 0 Å². The number of amides is 1. The molecule has 0 bridgehead atoms. The minimum atomic E-state index is -0.0481. The van der Waals surface area contributed by atoms with Crippen molar-refractivity contribution in [2.24, 2.45) is 0 Å². The number of aromatic nitrogens is 2. The first-order chi connectivity index (χ1) is 10.3. The zero-order valence-corrected chi connectivity index (χ0v) is 12.9. The second-order valence-electron chi connectivity index (χ2n) is 4.95. The van der Waals surface area contributed by atoms with Crippen molar-refractivity contribution in [3.63, 3.8) is 0 Å². The van der Waals surface area contributed by atoms with Gasteiger partial charge in [0.1, 0.15) is 0 Å². The summed E-state index contributed by atoms with van der Waals surface area (Å²) in [6, 6.07) is 9.45. The van der Waals surface area contributed by atoms with Gasteiger partial charge in [0.2, 0.25) is 5.91 Å². The van der Waals surface area contributed by atoms with Crippen molar-refractivity contribution in [3.05, 3.63) is 42.7 Å². The summed E-state index contributed by atoms with van der Waals surface area (Å²) in [5.74, 6) is -0.0404. The molecule has 2 aromatic rings. The van der Waals surface area contributed by atoms with Crippen molar-refractivity contribution in [1.29, 1.82) is 0 Å². The molecule has 1 fully saturated rings. The number of carbonyl (C=O) groups is 1. The Morgan fingerprint density at radius 3 is 3.09 bits per heavy atom.